The second-order valence-electron chi connectivity index (χ2n) is 6.86. The molecule has 0 fully saturated rings. The van der Waals surface area contributed by atoms with Crippen LogP contribution in [0.2, 0.25) is 0 Å². The molecule has 2 atom stereocenters. The molecule has 19 heavy (non-hydrogen) atoms. The Labute approximate surface area is 119 Å². The SMILES string of the molecule is CCCNC(C)CC(C)c1ccc(C(C)(C)C)cc1. The van der Waals surface area contributed by atoms with Gasteiger partial charge in [0.1, 0.15) is 0 Å². The Morgan fingerprint density at radius 1 is 1.05 bits per heavy atom. The van der Waals surface area contributed by atoms with E-state index in [1.54, 1.807) is 0 Å². The van der Waals surface area contributed by atoms with Crippen LogP contribution in [0.3, 0.4) is 0 Å². The summed E-state index contributed by atoms with van der Waals surface area (Å²) in [5, 5.41) is 3.57. The van der Waals surface area contributed by atoms with Gasteiger partial charge in [0, 0.05) is 6.04 Å². The van der Waals surface area contributed by atoms with Crippen molar-refractivity contribution in [1.29, 1.82) is 0 Å². The lowest BCUT2D eigenvalue weighted by molar-refractivity contribution is 0.479. The van der Waals surface area contributed by atoms with Crippen LogP contribution in [-0.2, 0) is 5.41 Å². The van der Waals surface area contributed by atoms with Crippen LogP contribution >= 0.6 is 0 Å². The van der Waals surface area contributed by atoms with E-state index in [-0.39, 0.29) is 5.41 Å². The fraction of sp³-hybridized carbons (Fsp3) is 0.667. The monoisotopic (exact) mass is 261 g/mol. The van der Waals surface area contributed by atoms with Gasteiger partial charge in [-0.05, 0) is 48.8 Å². The Kier molecular flexibility index (Phi) is 6.06. The lowest BCUT2D eigenvalue weighted by Gasteiger charge is -2.22. The van der Waals surface area contributed by atoms with E-state index in [0.717, 1.165) is 6.54 Å². The smallest absolute Gasteiger partial charge is 0.00444 e. The van der Waals surface area contributed by atoms with Crippen LogP contribution in [0.5, 0.6) is 0 Å². The average molecular weight is 261 g/mol. The minimum absolute atomic E-state index is 0.248. The van der Waals surface area contributed by atoms with Crippen LogP contribution in [0.1, 0.15) is 71.4 Å². The summed E-state index contributed by atoms with van der Waals surface area (Å²) in [4.78, 5) is 0. The Morgan fingerprint density at radius 2 is 1.63 bits per heavy atom. The van der Waals surface area contributed by atoms with Gasteiger partial charge in [-0.25, -0.2) is 0 Å². The van der Waals surface area contributed by atoms with Crippen molar-refractivity contribution in [3.05, 3.63) is 35.4 Å². The number of hydrogen-bond acceptors (Lipinski definition) is 1. The Morgan fingerprint density at radius 3 is 2.11 bits per heavy atom. The molecule has 0 aliphatic carbocycles. The topological polar surface area (TPSA) is 12.0 Å². The van der Waals surface area contributed by atoms with Gasteiger partial charge in [0.15, 0.2) is 0 Å². The maximum absolute atomic E-state index is 3.57. The lowest BCUT2D eigenvalue weighted by atomic mass is 9.85. The molecule has 1 heteroatoms. The van der Waals surface area contributed by atoms with Gasteiger partial charge < -0.3 is 5.32 Å². The Hall–Kier alpha value is -0.820. The summed E-state index contributed by atoms with van der Waals surface area (Å²) < 4.78 is 0. The van der Waals surface area contributed by atoms with Crippen molar-refractivity contribution < 1.29 is 0 Å². The second-order valence-corrected chi connectivity index (χ2v) is 6.86. The van der Waals surface area contributed by atoms with Gasteiger partial charge in [0.2, 0.25) is 0 Å². The van der Waals surface area contributed by atoms with Gasteiger partial charge in [-0.3, -0.25) is 0 Å². The average Bonchev–Trinajstić information content (AvgIpc) is 2.35. The fourth-order valence-corrected chi connectivity index (χ4v) is 2.45. The van der Waals surface area contributed by atoms with E-state index in [9.17, 15) is 0 Å². The quantitative estimate of drug-likeness (QED) is 0.770. The molecule has 0 amide bonds. The summed E-state index contributed by atoms with van der Waals surface area (Å²) in [7, 11) is 0. The predicted molar refractivity (Wildman–Crippen MR) is 85.9 cm³/mol. The molecular weight excluding hydrogens is 230 g/mol. The van der Waals surface area contributed by atoms with Crippen molar-refractivity contribution in [2.45, 2.75) is 71.8 Å². The summed E-state index contributed by atoms with van der Waals surface area (Å²) in [5.41, 5.74) is 3.12. The molecule has 1 rings (SSSR count). The first-order valence-corrected chi connectivity index (χ1v) is 7.68. The summed E-state index contributed by atoms with van der Waals surface area (Å²) in [5.74, 6) is 0.619. The van der Waals surface area contributed by atoms with E-state index in [1.807, 2.05) is 0 Å². The highest BCUT2D eigenvalue weighted by Crippen LogP contribution is 2.26. The molecule has 0 aliphatic rings. The van der Waals surface area contributed by atoms with E-state index in [4.69, 9.17) is 0 Å². The van der Waals surface area contributed by atoms with Gasteiger partial charge in [0.05, 0.1) is 0 Å². The van der Waals surface area contributed by atoms with E-state index in [2.05, 4.69) is 71.1 Å². The van der Waals surface area contributed by atoms with Crippen LogP contribution < -0.4 is 5.32 Å². The van der Waals surface area contributed by atoms with E-state index in [0.29, 0.717) is 12.0 Å². The molecule has 0 aliphatic heterocycles. The van der Waals surface area contributed by atoms with Gasteiger partial charge in [-0.15, -0.1) is 0 Å². The third kappa shape index (κ3) is 5.36. The summed E-state index contributed by atoms with van der Waals surface area (Å²) in [6, 6.07) is 9.78. The van der Waals surface area contributed by atoms with Gasteiger partial charge >= 0.3 is 0 Å². The molecule has 0 aromatic heterocycles. The highest BCUT2D eigenvalue weighted by atomic mass is 14.9. The minimum atomic E-state index is 0.248. The third-order valence-corrected chi connectivity index (χ3v) is 3.80. The molecular formula is C18H31N. The number of hydrogen-bond donors (Lipinski definition) is 1. The maximum atomic E-state index is 3.57. The summed E-state index contributed by atoms with van der Waals surface area (Å²) in [6.45, 7) is 14.8. The first-order chi connectivity index (χ1) is 8.84. The Bertz CT molecular complexity index is 358. The number of nitrogens with one attached hydrogen (secondary N) is 1. The Balaban J connectivity index is 2.60. The minimum Gasteiger partial charge on any atom is -0.314 e. The van der Waals surface area contributed by atoms with Crippen LogP contribution in [0.4, 0.5) is 0 Å². The third-order valence-electron chi connectivity index (χ3n) is 3.80. The van der Waals surface area contributed by atoms with Crippen molar-refractivity contribution in [2.24, 2.45) is 0 Å². The van der Waals surface area contributed by atoms with Crippen molar-refractivity contribution in [1.82, 2.24) is 5.32 Å². The first-order valence-electron chi connectivity index (χ1n) is 7.68. The molecule has 0 radical (unpaired) electrons. The highest BCUT2D eigenvalue weighted by molar-refractivity contribution is 5.29. The zero-order chi connectivity index (χ0) is 14.5. The molecule has 0 bridgehead atoms. The fourth-order valence-electron chi connectivity index (χ4n) is 2.45. The summed E-state index contributed by atoms with van der Waals surface area (Å²) in [6.07, 6.45) is 2.41. The van der Waals surface area contributed by atoms with Crippen LogP contribution in [0.15, 0.2) is 24.3 Å². The molecule has 108 valence electrons. The molecule has 0 saturated heterocycles. The second kappa shape index (κ2) is 7.09. The zero-order valence-corrected chi connectivity index (χ0v) is 13.6. The van der Waals surface area contributed by atoms with Crippen molar-refractivity contribution >= 4 is 0 Å². The van der Waals surface area contributed by atoms with Crippen LogP contribution in [-0.4, -0.2) is 12.6 Å². The molecule has 1 nitrogen and oxygen atoms in total. The van der Waals surface area contributed by atoms with Crippen molar-refractivity contribution in [2.75, 3.05) is 6.54 Å². The van der Waals surface area contributed by atoms with Crippen molar-refractivity contribution in [3.63, 3.8) is 0 Å². The molecule has 0 spiro atoms. The molecule has 1 N–H and O–H groups in total. The van der Waals surface area contributed by atoms with E-state index in [1.165, 1.54) is 24.0 Å². The van der Waals surface area contributed by atoms with Crippen LogP contribution in [0, 0.1) is 0 Å². The molecule has 0 heterocycles. The normalized spacial score (nSPS) is 15.3. The zero-order valence-electron chi connectivity index (χ0n) is 13.6. The predicted octanol–water partition coefficient (Wildman–Crippen LogP) is 4.87. The molecule has 1 aromatic rings. The molecule has 2 unspecified atom stereocenters. The van der Waals surface area contributed by atoms with Crippen molar-refractivity contribution in [3.8, 4) is 0 Å². The highest BCUT2D eigenvalue weighted by Gasteiger charge is 2.15. The largest absolute Gasteiger partial charge is 0.314 e. The maximum Gasteiger partial charge on any atom is 0.00444 e. The van der Waals surface area contributed by atoms with Crippen LogP contribution in [0.25, 0.3) is 0 Å². The van der Waals surface area contributed by atoms with E-state index < -0.39 is 0 Å². The van der Waals surface area contributed by atoms with E-state index >= 15 is 0 Å². The van der Waals surface area contributed by atoms with Gasteiger partial charge in [0.25, 0.3) is 0 Å². The first kappa shape index (κ1) is 16.2. The number of rotatable bonds is 6. The standard InChI is InChI=1S/C18H31N/c1-7-12-19-15(3)13-14(2)16-8-10-17(11-9-16)18(4,5)6/h8-11,14-15,19H,7,12-13H2,1-6H3. The van der Waals surface area contributed by atoms with Gasteiger partial charge in [-0.2, -0.15) is 0 Å². The lowest BCUT2D eigenvalue weighted by Crippen LogP contribution is -2.28. The summed E-state index contributed by atoms with van der Waals surface area (Å²) >= 11 is 0. The van der Waals surface area contributed by atoms with Gasteiger partial charge in [-0.1, -0.05) is 58.9 Å². The molecule has 1 aromatic carbocycles. The number of benzene rings is 1. The molecule has 0 saturated carbocycles.